The third-order valence-corrected chi connectivity index (χ3v) is 5.44. The van der Waals surface area contributed by atoms with E-state index in [-0.39, 0.29) is 5.03 Å². The van der Waals surface area contributed by atoms with Crippen LogP contribution >= 0.6 is 15.9 Å². The molecule has 2 N–H and O–H groups in total. The van der Waals surface area contributed by atoms with Crippen LogP contribution < -0.4 is 5.14 Å². The molecule has 0 aliphatic carbocycles. The Hall–Kier alpha value is -0.510. The highest BCUT2D eigenvalue weighted by Crippen LogP contribution is 2.18. The van der Waals surface area contributed by atoms with E-state index in [2.05, 4.69) is 20.9 Å². The maximum atomic E-state index is 11.7. The van der Waals surface area contributed by atoms with Crippen LogP contribution in [0.3, 0.4) is 0 Å². The second-order valence-electron chi connectivity index (χ2n) is 3.46. The lowest BCUT2D eigenvalue weighted by Crippen LogP contribution is -2.23. The number of halogens is 1. The van der Waals surface area contributed by atoms with Gasteiger partial charge in [-0.2, -0.15) is 0 Å². The van der Waals surface area contributed by atoms with Crippen LogP contribution in [0.2, 0.25) is 0 Å². The minimum Gasteiger partial charge on any atom is -0.244 e. The van der Waals surface area contributed by atoms with Gasteiger partial charge in [0.1, 0.15) is 0 Å². The van der Waals surface area contributed by atoms with Gasteiger partial charge in [-0.1, -0.05) is 0 Å². The molecule has 0 atom stereocenters. The average molecular weight is 343 g/mol. The van der Waals surface area contributed by atoms with Gasteiger partial charge in [0, 0.05) is 10.7 Å². The third kappa shape index (κ3) is 4.34. The molecule has 96 valence electrons. The van der Waals surface area contributed by atoms with Crippen LogP contribution in [0, 0.1) is 6.92 Å². The molecule has 0 fully saturated rings. The average Bonchev–Trinajstić information content (AvgIpc) is 2.18. The first kappa shape index (κ1) is 14.6. The fourth-order valence-corrected chi connectivity index (χ4v) is 3.82. The molecule has 0 unspecified atom stereocenters. The summed E-state index contributed by atoms with van der Waals surface area (Å²) in [6, 6.07) is 1.38. The zero-order chi connectivity index (χ0) is 13.3. The first-order valence-corrected chi connectivity index (χ1v) is 8.63. The van der Waals surface area contributed by atoms with E-state index >= 15 is 0 Å². The first-order valence-electron chi connectivity index (χ1n) is 4.47. The van der Waals surface area contributed by atoms with Gasteiger partial charge in [0.2, 0.25) is 10.0 Å². The van der Waals surface area contributed by atoms with Gasteiger partial charge < -0.3 is 0 Å². The van der Waals surface area contributed by atoms with Crippen molar-refractivity contribution in [2.75, 3.05) is 11.5 Å². The van der Waals surface area contributed by atoms with Crippen LogP contribution in [0.15, 0.2) is 21.8 Å². The molecule has 0 spiro atoms. The smallest absolute Gasteiger partial charge is 0.210 e. The number of aromatic nitrogens is 1. The molecule has 1 aromatic rings. The van der Waals surface area contributed by atoms with E-state index in [9.17, 15) is 16.8 Å². The van der Waals surface area contributed by atoms with E-state index in [1.807, 2.05) is 0 Å². The largest absolute Gasteiger partial charge is 0.244 e. The van der Waals surface area contributed by atoms with Crippen LogP contribution in [0.1, 0.15) is 5.56 Å². The molecule has 17 heavy (non-hydrogen) atoms. The van der Waals surface area contributed by atoms with Crippen molar-refractivity contribution in [3.05, 3.63) is 22.3 Å². The van der Waals surface area contributed by atoms with E-state index in [0.29, 0.717) is 10.0 Å². The first-order chi connectivity index (χ1) is 7.62. The number of pyridine rings is 1. The second kappa shape index (κ2) is 5.01. The summed E-state index contributed by atoms with van der Waals surface area (Å²) in [6.07, 6.45) is 1.36. The molecule has 1 aromatic heterocycles. The van der Waals surface area contributed by atoms with Crippen LogP contribution in [0.5, 0.6) is 0 Å². The normalized spacial score (nSPS) is 12.6. The lowest BCUT2D eigenvalue weighted by molar-refractivity contribution is 0.586. The van der Waals surface area contributed by atoms with Crippen molar-refractivity contribution in [2.45, 2.75) is 11.9 Å². The lowest BCUT2D eigenvalue weighted by Gasteiger charge is -2.04. The molecule has 0 aliphatic heterocycles. The third-order valence-electron chi connectivity index (χ3n) is 1.98. The standard InChI is InChI=1S/C8H11BrN2O4S2/c1-6-4-8(11-5-7(6)9)16(12,13)2-3-17(10,14)15/h4-5H,2-3H2,1H3,(H2,10,14,15). The van der Waals surface area contributed by atoms with Gasteiger partial charge in [-0.15, -0.1) is 0 Å². The number of nitrogens with two attached hydrogens (primary N) is 1. The Labute approximate surface area is 108 Å². The topological polar surface area (TPSA) is 107 Å². The van der Waals surface area contributed by atoms with Gasteiger partial charge in [-0.25, -0.2) is 27.0 Å². The summed E-state index contributed by atoms with van der Waals surface area (Å²) >= 11 is 3.19. The van der Waals surface area contributed by atoms with E-state index in [0.717, 1.165) is 0 Å². The monoisotopic (exact) mass is 342 g/mol. The lowest BCUT2D eigenvalue weighted by atomic mass is 10.3. The van der Waals surface area contributed by atoms with Crippen molar-refractivity contribution < 1.29 is 16.8 Å². The molecule has 0 aromatic carbocycles. The molecule has 9 heteroatoms. The second-order valence-corrected chi connectivity index (χ2v) is 8.10. The highest BCUT2D eigenvalue weighted by molar-refractivity contribution is 9.10. The minimum absolute atomic E-state index is 0.151. The molecular weight excluding hydrogens is 332 g/mol. The van der Waals surface area contributed by atoms with E-state index in [4.69, 9.17) is 5.14 Å². The molecule has 0 aliphatic rings. The van der Waals surface area contributed by atoms with E-state index in [1.165, 1.54) is 12.3 Å². The number of rotatable bonds is 4. The summed E-state index contributed by atoms with van der Waals surface area (Å²) < 4.78 is 45.6. The Balaban J connectivity index is 3.02. The van der Waals surface area contributed by atoms with Crippen molar-refractivity contribution in [3.63, 3.8) is 0 Å². The molecule has 0 saturated heterocycles. The fraction of sp³-hybridized carbons (Fsp3) is 0.375. The number of sulfonamides is 1. The molecule has 0 amide bonds. The van der Waals surface area contributed by atoms with Gasteiger partial charge in [0.25, 0.3) is 0 Å². The van der Waals surface area contributed by atoms with Crippen molar-refractivity contribution in [2.24, 2.45) is 5.14 Å². The van der Waals surface area contributed by atoms with Crippen LogP contribution in [0.4, 0.5) is 0 Å². The van der Waals surface area contributed by atoms with Crippen molar-refractivity contribution in [1.29, 1.82) is 0 Å². The Morgan fingerprint density at radius 3 is 2.35 bits per heavy atom. The molecule has 1 rings (SSSR count). The number of aryl methyl sites for hydroxylation is 1. The number of nitrogens with zero attached hydrogens (tertiary/aromatic N) is 1. The predicted molar refractivity (Wildman–Crippen MR) is 66.7 cm³/mol. The van der Waals surface area contributed by atoms with E-state index in [1.54, 1.807) is 6.92 Å². The van der Waals surface area contributed by atoms with Gasteiger partial charge in [0.15, 0.2) is 14.9 Å². The molecule has 0 bridgehead atoms. The van der Waals surface area contributed by atoms with Gasteiger partial charge >= 0.3 is 0 Å². The van der Waals surface area contributed by atoms with Gasteiger partial charge in [-0.05, 0) is 34.5 Å². The molecular formula is C8H11BrN2O4S2. The summed E-state index contributed by atoms with van der Waals surface area (Å²) in [5.41, 5.74) is 0.703. The zero-order valence-corrected chi connectivity index (χ0v) is 12.1. The Morgan fingerprint density at radius 1 is 1.29 bits per heavy atom. The van der Waals surface area contributed by atoms with Gasteiger partial charge in [-0.3, -0.25) is 0 Å². The van der Waals surface area contributed by atoms with Crippen LogP contribution in [-0.4, -0.2) is 33.3 Å². The van der Waals surface area contributed by atoms with E-state index < -0.39 is 31.4 Å². The summed E-state index contributed by atoms with van der Waals surface area (Å²) in [5.74, 6) is -1.19. The quantitative estimate of drug-likeness (QED) is 0.841. The highest BCUT2D eigenvalue weighted by atomic mass is 79.9. The molecule has 0 saturated carbocycles. The number of primary sulfonamides is 1. The Bertz CT molecular complexity index is 625. The molecule has 6 nitrogen and oxygen atoms in total. The number of hydrogen-bond donors (Lipinski definition) is 1. The van der Waals surface area contributed by atoms with Crippen LogP contribution in [0.25, 0.3) is 0 Å². The maximum Gasteiger partial charge on any atom is 0.210 e. The number of sulfone groups is 1. The highest BCUT2D eigenvalue weighted by Gasteiger charge is 2.19. The van der Waals surface area contributed by atoms with Gasteiger partial charge in [0.05, 0.1) is 11.5 Å². The minimum atomic E-state index is -3.80. The zero-order valence-electron chi connectivity index (χ0n) is 8.92. The Morgan fingerprint density at radius 2 is 1.88 bits per heavy atom. The summed E-state index contributed by atoms with van der Waals surface area (Å²) in [5, 5.41) is 4.60. The fourth-order valence-electron chi connectivity index (χ4n) is 1.01. The predicted octanol–water partition coefficient (Wildman–Crippen LogP) is 0.215. The summed E-state index contributed by atoms with van der Waals surface area (Å²) in [7, 11) is -7.52. The maximum absolute atomic E-state index is 11.7. The van der Waals surface area contributed by atoms with Crippen molar-refractivity contribution in [1.82, 2.24) is 4.98 Å². The number of hydrogen-bond acceptors (Lipinski definition) is 5. The van der Waals surface area contributed by atoms with Crippen LogP contribution in [-0.2, 0) is 19.9 Å². The Kier molecular flexibility index (Phi) is 4.28. The summed E-state index contributed by atoms with van der Waals surface area (Å²) in [6.45, 7) is 1.71. The van der Waals surface area contributed by atoms with Crippen molar-refractivity contribution in [3.8, 4) is 0 Å². The summed E-state index contributed by atoms with van der Waals surface area (Å²) in [4.78, 5) is 3.74. The molecule has 1 heterocycles. The van der Waals surface area contributed by atoms with Crippen molar-refractivity contribution >= 4 is 35.8 Å². The molecule has 0 radical (unpaired) electrons. The SMILES string of the molecule is Cc1cc(S(=O)(=O)CCS(N)(=O)=O)ncc1Br.